The molecule has 0 spiro atoms. The number of carbonyl (C=O) groups excluding carboxylic acids is 2. The zero-order valence-electron chi connectivity index (χ0n) is 15.1. The van der Waals surface area contributed by atoms with Crippen LogP contribution in [0.3, 0.4) is 0 Å². The third kappa shape index (κ3) is 3.98. The van der Waals surface area contributed by atoms with E-state index in [-0.39, 0.29) is 17.9 Å². The first-order chi connectivity index (χ1) is 13.2. The van der Waals surface area contributed by atoms with E-state index in [4.69, 9.17) is 9.15 Å². The maximum absolute atomic E-state index is 12.3. The van der Waals surface area contributed by atoms with Crippen molar-refractivity contribution in [2.24, 2.45) is 0 Å². The molecule has 0 saturated carbocycles. The summed E-state index contributed by atoms with van der Waals surface area (Å²) >= 11 is 0. The summed E-state index contributed by atoms with van der Waals surface area (Å²) in [7, 11) is 0. The second-order valence-corrected chi connectivity index (χ2v) is 6.79. The third-order valence-electron chi connectivity index (χ3n) is 5.02. The molecule has 1 N–H and O–H groups in total. The molecule has 2 aromatic rings. The van der Waals surface area contributed by atoms with E-state index < -0.39 is 0 Å². The van der Waals surface area contributed by atoms with Gasteiger partial charge in [0.25, 0.3) is 11.8 Å². The highest BCUT2D eigenvalue weighted by Crippen LogP contribution is 2.21. The Morgan fingerprint density at radius 3 is 2.44 bits per heavy atom. The van der Waals surface area contributed by atoms with Gasteiger partial charge in [-0.15, -0.1) is 0 Å². The van der Waals surface area contributed by atoms with Gasteiger partial charge in [-0.3, -0.25) is 9.59 Å². The molecule has 0 bridgehead atoms. The molecule has 2 aliphatic rings. The van der Waals surface area contributed by atoms with Crippen molar-refractivity contribution in [1.82, 2.24) is 4.90 Å². The normalized spacial score (nSPS) is 19.9. The van der Waals surface area contributed by atoms with E-state index in [9.17, 15) is 9.59 Å². The second kappa shape index (κ2) is 7.84. The van der Waals surface area contributed by atoms with Crippen molar-refractivity contribution in [2.75, 3.05) is 43.0 Å². The van der Waals surface area contributed by atoms with E-state index in [1.807, 2.05) is 29.2 Å². The number of furan rings is 1. The van der Waals surface area contributed by atoms with Crippen molar-refractivity contribution in [3.63, 3.8) is 0 Å². The molecule has 2 saturated heterocycles. The number of nitrogens with zero attached hydrogens (tertiary/aromatic N) is 2. The van der Waals surface area contributed by atoms with Gasteiger partial charge in [-0.25, -0.2) is 0 Å². The van der Waals surface area contributed by atoms with Gasteiger partial charge in [0.15, 0.2) is 5.76 Å². The number of hydrogen-bond acceptors (Lipinski definition) is 5. The van der Waals surface area contributed by atoms with E-state index >= 15 is 0 Å². The van der Waals surface area contributed by atoms with Gasteiger partial charge in [-0.1, -0.05) is 0 Å². The van der Waals surface area contributed by atoms with Gasteiger partial charge in [0.2, 0.25) is 0 Å². The summed E-state index contributed by atoms with van der Waals surface area (Å²) in [5.74, 6) is 0.243. The standard InChI is InChI=1S/C20H23N3O4/c24-19(17-3-1-13-26-17)21-15-5-7-16(8-6-15)22-9-11-23(12-10-22)20(25)18-4-2-14-27-18/h2,4-8,14,17H,1,3,9-13H2,(H,21,24). The number of piperazine rings is 1. The molecule has 2 aliphatic heterocycles. The molecule has 2 amide bonds. The van der Waals surface area contributed by atoms with Crippen LogP contribution in [0.4, 0.5) is 11.4 Å². The fraction of sp³-hybridized carbons (Fsp3) is 0.400. The summed E-state index contributed by atoms with van der Waals surface area (Å²) in [4.78, 5) is 28.5. The molecule has 0 radical (unpaired) electrons. The first-order valence-corrected chi connectivity index (χ1v) is 9.31. The van der Waals surface area contributed by atoms with E-state index in [1.165, 1.54) is 6.26 Å². The molecule has 27 heavy (non-hydrogen) atoms. The molecule has 4 rings (SSSR count). The zero-order chi connectivity index (χ0) is 18.6. The Hall–Kier alpha value is -2.80. The van der Waals surface area contributed by atoms with Crippen molar-refractivity contribution in [3.8, 4) is 0 Å². The smallest absolute Gasteiger partial charge is 0.289 e. The maximum atomic E-state index is 12.3. The molecule has 7 heteroatoms. The summed E-state index contributed by atoms with van der Waals surface area (Å²) in [6.07, 6.45) is 2.91. The number of rotatable bonds is 4. The van der Waals surface area contributed by atoms with Gasteiger partial charge in [0.05, 0.1) is 6.26 Å². The van der Waals surface area contributed by atoms with Crippen molar-refractivity contribution in [2.45, 2.75) is 18.9 Å². The number of anilines is 2. The Balaban J connectivity index is 1.31. The monoisotopic (exact) mass is 369 g/mol. The summed E-state index contributed by atoms with van der Waals surface area (Å²) < 4.78 is 10.6. The minimum Gasteiger partial charge on any atom is -0.459 e. The van der Waals surface area contributed by atoms with Crippen LogP contribution in [0, 0.1) is 0 Å². The van der Waals surface area contributed by atoms with Crippen LogP contribution < -0.4 is 10.2 Å². The molecule has 7 nitrogen and oxygen atoms in total. The number of hydrogen-bond donors (Lipinski definition) is 1. The lowest BCUT2D eigenvalue weighted by Crippen LogP contribution is -2.48. The Kier molecular flexibility index (Phi) is 5.11. The summed E-state index contributed by atoms with van der Waals surface area (Å²) in [6, 6.07) is 11.2. The Bertz CT molecular complexity index is 774. The summed E-state index contributed by atoms with van der Waals surface area (Å²) in [5.41, 5.74) is 1.85. The van der Waals surface area contributed by atoms with Crippen LogP contribution in [0.1, 0.15) is 23.4 Å². The van der Waals surface area contributed by atoms with Crippen molar-refractivity contribution in [1.29, 1.82) is 0 Å². The number of nitrogens with one attached hydrogen (secondary N) is 1. The largest absolute Gasteiger partial charge is 0.459 e. The molecule has 2 fully saturated rings. The Morgan fingerprint density at radius 1 is 1.04 bits per heavy atom. The highest BCUT2D eigenvalue weighted by atomic mass is 16.5. The highest BCUT2D eigenvalue weighted by molar-refractivity contribution is 5.94. The molecule has 1 aromatic heterocycles. The average Bonchev–Trinajstić information content (AvgIpc) is 3.42. The van der Waals surface area contributed by atoms with Gasteiger partial charge >= 0.3 is 0 Å². The van der Waals surface area contributed by atoms with Crippen LogP contribution in [0.25, 0.3) is 0 Å². The number of benzene rings is 1. The number of ether oxygens (including phenoxy) is 1. The van der Waals surface area contributed by atoms with Gasteiger partial charge < -0.3 is 24.3 Å². The van der Waals surface area contributed by atoms with E-state index in [1.54, 1.807) is 12.1 Å². The molecule has 0 aliphatic carbocycles. The van der Waals surface area contributed by atoms with Crippen molar-refractivity contribution >= 4 is 23.2 Å². The highest BCUT2D eigenvalue weighted by Gasteiger charge is 2.25. The van der Waals surface area contributed by atoms with E-state index in [2.05, 4.69) is 10.2 Å². The van der Waals surface area contributed by atoms with Gasteiger partial charge in [-0.05, 0) is 49.2 Å². The van der Waals surface area contributed by atoms with Crippen LogP contribution in [0.2, 0.25) is 0 Å². The maximum Gasteiger partial charge on any atom is 0.289 e. The van der Waals surface area contributed by atoms with E-state index in [0.717, 1.165) is 37.3 Å². The summed E-state index contributed by atoms with van der Waals surface area (Å²) in [5, 5.41) is 2.91. The lowest BCUT2D eigenvalue weighted by molar-refractivity contribution is -0.124. The summed E-state index contributed by atoms with van der Waals surface area (Å²) in [6.45, 7) is 3.47. The Labute approximate surface area is 157 Å². The lowest BCUT2D eigenvalue weighted by atomic mass is 10.2. The SMILES string of the molecule is O=C(Nc1ccc(N2CCN(C(=O)c3ccco3)CC2)cc1)C1CCCO1. The van der Waals surface area contributed by atoms with Gasteiger partial charge in [0, 0.05) is 44.2 Å². The van der Waals surface area contributed by atoms with Crippen molar-refractivity contribution < 1.29 is 18.7 Å². The van der Waals surface area contributed by atoms with Crippen molar-refractivity contribution in [3.05, 3.63) is 48.4 Å². The fourth-order valence-corrected chi connectivity index (χ4v) is 3.49. The van der Waals surface area contributed by atoms with Crippen LogP contribution in [0.15, 0.2) is 47.1 Å². The van der Waals surface area contributed by atoms with Crippen LogP contribution in [0.5, 0.6) is 0 Å². The first-order valence-electron chi connectivity index (χ1n) is 9.31. The lowest BCUT2D eigenvalue weighted by Gasteiger charge is -2.35. The molecular weight excluding hydrogens is 346 g/mol. The molecule has 142 valence electrons. The second-order valence-electron chi connectivity index (χ2n) is 6.79. The first kappa shape index (κ1) is 17.6. The quantitative estimate of drug-likeness (QED) is 0.895. The molecule has 1 aromatic carbocycles. The number of carbonyl (C=O) groups is 2. The molecule has 1 atom stereocenters. The topological polar surface area (TPSA) is 75.0 Å². The van der Waals surface area contributed by atoms with Gasteiger partial charge in [0.1, 0.15) is 6.10 Å². The minimum absolute atomic E-state index is 0.0631. The molecule has 1 unspecified atom stereocenters. The van der Waals surface area contributed by atoms with Crippen LogP contribution in [-0.4, -0.2) is 55.6 Å². The van der Waals surface area contributed by atoms with Crippen LogP contribution in [-0.2, 0) is 9.53 Å². The third-order valence-corrected chi connectivity index (χ3v) is 5.02. The number of amides is 2. The van der Waals surface area contributed by atoms with E-state index in [0.29, 0.717) is 25.5 Å². The molecule has 3 heterocycles. The predicted octanol–water partition coefficient (Wildman–Crippen LogP) is 2.36. The van der Waals surface area contributed by atoms with Crippen LogP contribution >= 0.6 is 0 Å². The minimum atomic E-state index is -0.329. The predicted molar refractivity (Wildman–Crippen MR) is 101 cm³/mol. The molecular formula is C20H23N3O4. The Morgan fingerprint density at radius 2 is 1.81 bits per heavy atom. The fourth-order valence-electron chi connectivity index (χ4n) is 3.49. The average molecular weight is 369 g/mol. The zero-order valence-corrected chi connectivity index (χ0v) is 15.1. The van der Waals surface area contributed by atoms with Gasteiger partial charge in [-0.2, -0.15) is 0 Å².